The zero-order valence-electron chi connectivity index (χ0n) is 16.8. The van der Waals surface area contributed by atoms with E-state index in [4.69, 9.17) is 0 Å². The van der Waals surface area contributed by atoms with Crippen LogP contribution in [-0.4, -0.2) is 23.9 Å². The van der Waals surface area contributed by atoms with Crippen LogP contribution in [0.15, 0.2) is 12.1 Å². The van der Waals surface area contributed by atoms with E-state index in [9.17, 15) is 18.0 Å². The number of nitrogens with zero attached hydrogens (tertiary/aromatic N) is 1. The summed E-state index contributed by atoms with van der Waals surface area (Å²) in [4.78, 5) is 14.3. The molecule has 0 radical (unpaired) electrons. The van der Waals surface area contributed by atoms with Gasteiger partial charge < -0.3 is 4.90 Å². The molecule has 0 aliphatic heterocycles. The van der Waals surface area contributed by atoms with Gasteiger partial charge in [-0.05, 0) is 25.0 Å². The van der Waals surface area contributed by atoms with Crippen LogP contribution in [0.3, 0.4) is 0 Å². The van der Waals surface area contributed by atoms with Crippen molar-refractivity contribution in [3.05, 3.63) is 35.1 Å². The summed E-state index contributed by atoms with van der Waals surface area (Å²) in [6.07, 6.45) is 11.8. The number of carbonyl (C=O) groups excluding carboxylic acids is 1. The molecule has 0 unspecified atom stereocenters. The summed E-state index contributed by atoms with van der Waals surface area (Å²) in [6, 6.07) is 1.86. The summed E-state index contributed by atoms with van der Waals surface area (Å²) in [5.41, 5.74) is -0.381. The second-order valence-corrected chi connectivity index (χ2v) is 7.20. The first kappa shape index (κ1) is 23.5. The van der Waals surface area contributed by atoms with E-state index in [-0.39, 0.29) is 5.56 Å². The maximum absolute atomic E-state index is 14.0. The third-order valence-electron chi connectivity index (χ3n) is 4.87. The first-order chi connectivity index (χ1) is 13.0. The second-order valence-electron chi connectivity index (χ2n) is 7.20. The molecule has 27 heavy (non-hydrogen) atoms. The van der Waals surface area contributed by atoms with Gasteiger partial charge in [-0.3, -0.25) is 4.79 Å². The number of rotatable bonds is 14. The molecule has 0 aliphatic rings. The minimum Gasteiger partial charge on any atom is -0.339 e. The van der Waals surface area contributed by atoms with Gasteiger partial charge in [0.1, 0.15) is 0 Å². The van der Waals surface area contributed by atoms with Crippen LogP contribution >= 0.6 is 0 Å². The van der Waals surface area contributed by atoms with Crippen LogP contribution in [0.5, 0.6) is 0 Å². The summed E-state index contributed by atoms with van der Waals surface area (Å²) in [7, 11) is 0. The molecular formula is C22H34F3NO. The van der Waals surface area contributed by atoms with Crippen molar-refractivity contribution in [2.45, 2.75) is 84.5 Å². The lowest BCUT2D eigenvalue weighted by atomic mass is 10.1. The average molecular weight is 386 g/mol. The summed E-state index contributed by atoms with van der Waals surface area (Å²) >= 11 is 0. The van der Waals surface area contributed by atoms with Crippen LogP contribution in [0.25, 0.3) is 0 Å². The summed E-state index contributed by atoms with van der Waals surface area (Å²) in [5.74, 6) is -4.79. The normalized spacial score (nSPS) is 11.0. The van der Waals surface area contributed by atoms with Crippen molar-refractivity contribution in [1.82, 2.24) is 4.90 Å². The van der Waals surface area contributed by atoms with E-state index in [0.717, 1.165) is 63.5 Å². The predicted molar refractivity (Wildman–Crippen MR) is 104 cm³/mol. The van der Waals surface area contributed by atoms with Crippen molar-refractivity contribution in [2.75, 3.05) is 13.1 Å². The average Bonchev–Trinajstić information content (AvgIpc) is 2.66. The lowest BCUT2D eigenvalue weighted by Gasteiger charge is -2.23. The molecule has 0 bridgehead atoms. The smallest absolute Gasteiger partial charge is 0.256 e. The van der Waals surface area contributed by atoms with Gasteiger partial charge in [0.2, 0.25) is 0 Å². The summed E-state index contributed by atoms with van der Waals surface area (Å²) in [6.45, 7) is 5.35. The van der Waals surface area contributed by atoms with E-state index < -0.39 is 23.4 Å². The van der Waals surface area contributed by atoms with E-state index >= 15 is 0 Å². The van der Waals surface area contributed by atoms with Gasteiger partial charge in [-0.15, -0.1) is 0 Å². The van der Waals surface area contributed by atoms with Gasteiger partial charge in [0.15, 0.2) is 17.5 Å². The van der Waals surface area contributed by atoms with Crippen LogP contribution in [0.2, 0.25) is 0 Å². The lowest BCUT2D eigenvalue weighted by molar-refractivity contribution is 0.0743. The number of benzene rings is 1. The molecule has 154 valence electrons. The zero-order valence-corrected chi connectivity index (χ0v) is 16.8. The van der Waals surface area contributed by atoms with Gasteiger partial charge in [-0.2, -0.15) is 0 Å². The van der Waals surface area contributed by atoms with Crippen LogP contribution < -0.4 is 0 Å². The monoisotopic (exact) mass is 385 g/mol. The van der Waals surface area contributed by atoms with Gasteiger partial charge in [-0.25, -0.2) is 13.2 Å². The standard InChI is InChI=1S/C22H34F3NO/c1-3-5-7-9-11-13-17-26(16-12-10-8-6-4-2)22(27)18-14-15-19(23)21(25)20(18)24/h14-15H,3-13,16-17H2,1-2H3. The third-order valence-corrected chi connectivity index (χ3v) is 4.87. The van der Waals surface area contributed by atoms with E-state index in [1.54, 1.807) is 4.90 Å². The SMILES string of the molecule is CCCCCCCCN(CCCCCCC)C(=O)c1ccc(F)c(F)c1F. The minimum atomic E-state index is -1.58. The van der Waals surface area contributed by atoms with Crippen LogP contribution in [0.4, 0.5) is 13.2 Å². The van der Waals surface area contributed by atoms with Gasteiger partial charge in [-0.1, -0.05) is 71.6 Å². The molecule has 0 aromatic heterocycles. The Morgan fingerprint density at radius 3 is 1.74 bits per heavy atom. The molecule has 0 N–H and O–H groups in total. The molecule has 2 nitrogen and oxygen atoms in total. The highest BCUT2D eigenvalue weighted by molar-refractivity contribution is 5.94. The largest absolute Gasteiger partial charge is 0.339 e. The predicted octanol–water partition coefficient (Wildman–Crippen LogP) is 6.88. The number of carbonyl (C=O) groups is 1. The molecule has 1 rings (SSSR count). The van der Waals surface area contributed by atoms with E-state index in [2.05, 4.69) is 13.8 Å². The van der Waals surface area contributed by atoms with Crippen molar-refractivity contribution >= 4 is 5.91 Å². The minimum absolute atomic E-state index is 0.381. The van der Waals surface area contributed by atoms with Crippen molar-refractivity contribution in [2.24, 2.45) is 0 Å². The first-order valence-corrected chi connectivity index (χ1v) is 10.5. The Hall–Kier alpha value is -1.52. The Kier molecular flexibility index (Phi) is 11.9. The van der Waals surface area contributed by atoms with E-state index in [1.807, 2.05) is 0 Å². The molecule has 0 spiro atoms. The Balaban J connectivity index is 2.67. The maximum Gasteiger partial charge on any atom is 0.256 e. The Labute approximate surface area is 162 Å². The third kappa shape index (κ3) is 8.35. The second kappa shape index (κ2) is 13.6. The number of unbranched alkanes of at least 4 members (excludes halogenated alkanes) is 9. The highest BCUT2D eigenvalue weighted by atomic mass is 19.2. The molecule has 1 aromatic carbocycles. The lowest BCUT2D eigenvalue weighted by Crippen LogP contribution is -2.34. The molecule has 5 heteroatoms. The molecule has 0 aliphatic carbocycles. The van der Waals surface area contributed by atoms with Crippen LogP contribution in [0, 0.1) is 17.5 Å². The topological polar surface area (TPSA) is 20.3 Å². The van der Waals surface area contributed by atoms with Crippen molar-refractivity contribution in [3.63, 3.8) is 0 Å². The fourth-order valence-corrected chi connectivity index (χ4v) is 3.17. The quantitative estimate of drug-likeness (QED) is 0.252. The highest BCUT2D eigenvalue weighted by Gasteiger charge is 2.23. The molecule has 0 saturated carbocycles. The highest BCUT2D eigenvalue weighted by Crippen LogP contribution is 2.18. The fourth-order valence-electron chi connectivity index (χ4n) is 3.17. The zero-order chi connectivity index (χ0) is 20.1. The Morgan fingerprint density at radius 1 is 0.741 bits per heavy atom. The summed E-state index contributed by atoms with van der Waals surface area (Å²) < 4.78 is 40.7. The molecule has 1 aromatic rings. The maximum atomic E-state index is 14.0. The molecule has 0 atom stereocenters. The van der Waals surface area contributed by atoms with Gasteiger partial charge >= 0.3 is 0 Å². The molecular weight excluding hydrogens is 351 g/mol. The van der Waals surface area contributed by atoms with Crippen molar-refractivity contribution in [1.29, 1.82) is 0 Å². The van der Waals surface area contributed by atoms with Crippen molar-refractivity contribution in [3.8, 4) is 0 Å². The van der Waals surface area contributed by atoms with E-state index in [1.165, 1.54) is 19.3 Å². The fraction of sp³-hybridized carbons (Fsp3) is 0.682. The first-order valence-electron chi connectivity index (χ1n) is 10.5. The van der Waals surface area contributed by atoms with Crippen molar-refractivity contribution < 1.29 is 18.0 Å². The number of halogens is 3. The van der Waals surface area contributed by atoms with E-state index in [0.29, 0.717) is 13.1 Å². The number of hydrogen-bond acceptors (Lipinski definition) is 1. The molecule has 0 fully saturated rings. The Bertz CT molecular complexity index is 563. The molecule has 0 heterocycles. The Morgan fingerprint density at radius 2 is 1.22 bits per heavy atom. The number of amides is 1. The van der Waals surface area contributed by atoms with Gasteiger partial charge in [0.25, 0.3) is 5.91 Å². The number of hydrogen-bond donors (Lipinski definition) is 0. The van der Waals surface area contributed by atoms with Crippen LogP contribution in [0.1, 0.15) is 94.8 Å². The molecule has 1 amide bonds. The molecule has 0 saturated heterocycles. The van der Waals surface area contributed by atoms with Crippen LogP contribution in [-0.2, 0) is 0 Å². The van der Waals surface area contributed by atoms with Gasteiger partial charge in [0.05, 0.1) is 5.56 Å². The summed E-state index contributed by atoms with van der Waals surface area (Å²) in [5, 5.41) is 0. The van der Waals surface area contributed by atoms with Gasteiger partial charge in [0, 0.05) is 13.1 Å².